The van der Waals surface area contributed by atoms with E-state index in [0.29, 0.717) is 6.10 Å². The number of aromatic nitrogens is 1. The summed E-state index contributed by atoms with van der Waals surface area (Å²) in [5.74, 6) is 0. The van der Waals surface area contributed by atoms with E-state index in [2.05, 4.69) is 60.3 Å². The molecule has 0 saturated heterocycles. The largest absolute Gasteiger partial charge is 0.318 e. The monoisotopic (exact) mass is 284 g/mol. The minimum absolute atomic E-state index is 0.405. The Morgan fingerprint density at radius 3 is 2.57 bits per heavy atom. The standard InChI is InChI=1S/C18H24N2O/c1-14-12-16(13-19-21-18-10-6-7-11-18)15(2)20(14)17-8-4-3-5-9-17/h3-5,8-9,12,18-19H,6-7,10-11,13H2,1-2H3. The summed E-state index contributed by atoms with van der Waals surface area (Å²) in [7, 11) is 0. The lowest BCUT2D eigenvalue weighted by atomic mass is 10.2. The summed E-state index contributed by atoms with van der Waals surface area (Å²) in [6, 6.07) is 12.7. The summed E-state index contributed by atoms with van der Waals surface area (Å²) in [6.07, 6.45) is 5.39. The molecule has 0 radical (unpaired) electrons. The molecule has 1 aromatic carbocycles. The zero-order valence-electron chi connectivity index (χ0n) is 12.9. The highest BCUT2D eigenvalue weighted by Crippen LogP contribution is 2.22. The van der Waals surface area contributed by atoms with Crippen LogP contribution in [-0.2, 0) is 11.4 Å². The van der Waals surface area contributed by atoms with E-state index in [1.807, 2.05) is 0 Å². The average molecular weight is 284 g/mol. The van der Waals surface area contributed by atoms with Crippen molar-refractivity contribution in [2.75, 3.05) is 0 Å². The summed E-state index contributed by atoms with van der Waals surface area (Å²) in [5, 5.41) is 0. The lowest BCUT2D eigenvalue weighted by Gasteiger charge is -2.12. The van der Waals surface area contributed by atoms with E-state index in [-0.39, 0.29) is 0 Å². The van der Waals surface area contributed by atoms with E-state index < -0.39 is 0 Å². The minimum Gasteiger partial charge on any atom is -0.318 e. The zero-order valence-corrected chi connectivity index (χ0v) is 12.9. The van der Waals surface area contributed by atoms with Crippen LogP contribution in [0.15, 0.2) is 36.4 Å². The molecule has 0 amide bonds. The summed E-state index contributed by atoms with van der Waals surface area (Å²) in [4.78, 5) is 5.76. The number of hydrogen-bond donors (Lipinski definition) is 1. The van der Waals surface area contributed by atoms with Crippen LogP contribution >= 0.6 is 0 Å². The molecule has 2 aromatic rings. The summed E-state index contributed by atoms with van der Waals surface area (Å²) < 4.78 is 2.30. The fraction of sp³-hybridized carbons (Fsp3) is 0.444. The lowest BCUT2D eigenvalue weighted by Crippen LogP contribution is -2.21. The van der Waals surface area contributed by atoms with Crippen molar-refractivity contribution >= 4 is 0 Å². The summed E-state index contributed by atoms with van der Waals surface area (Å²) in [5.41, 5.74) is 8.22. The first-order chi connectivity index (χ1) is 10.3. The van der Waals surface area contributed by atoms with Gasteiger partial charge in [-0.2, -0.15) is 5.48 Å². The summed E-state index contributed by atoms with van der Waals surface area (Å²) in [6.45, 7) is 5.09. The SMILES string of the molecule is Cc1cc(CNOC2CCCC2)c(C)n1-c1ccccc1. The average Bonchev–Trinajstić information content (AvgIpc) is 3.09. The van der Waals surface area contributed by atoms with Crippen LogP contribution in [0, 0.1) is 13.8 Å². The van der Waals surface area contributed by atoms with Crippen molar-refractivity contribution in [1.82, 2.24) is 10.0 Å². The molecule has 112 valence electrons. The first kappa shape index (κ1) is 14.4. The van der Waals surface area contributed by atoms with Gasteiger partial charge in [0.15, 0.2) is 0 Å². The van der Waals surface area contributed by atoms with Crippen LogP contribution < -0.4 is 5.48 Å². The van der Waals surface area contributed by atoms with Gasteiger partial charge in [0, 0.05) is 23.6 Å². The number of nitrogens with zero attached hydrogens (tertiary/aromatic N) is 1. The van der Waals surface area contributed by atoms with Gasteiger partial charge in [-0.25, -0.2) is 0 Å². The van der Waals surface area contributed by atoms with Gasteiger partial charge in [-0.1, -0.05) is 31.0 Å². The van der Waals surface area contributed by atoms with Crippen LogP contribution in [0.5, 0.6) is 0 Å². The van der Waals surface area contributed by atoms with E-state index in [9.17, 15) is 0 Å². The van der Waals surface area contributed by atoms with Gasteiger partial charge in [-0.15, -0.1) is 0 Å². The molecule has 0 spiro atoms. The Balaban J connectivity index is 1.69. The molecule has 1 saturated carbocycles. The Kier molecular flexibility index (Phi) is 4.42. The van der Waals surface area contributed by atoms with Gasteiger partial charge in [-0.05, 0) is 50.5 Å². The van der Waals surface area contributed by atoms with E-state index >= 15 is 0 Å². The van der Waals surface area contributed by atoms with Crippen LogP contribution in [0.25, 0.3) is 5.69 Å². The molecule has 21 heavy (non-hydrogen) atoms. The Morgan fingerprint density at radius 2 is 1.86 bits per heavy atom. The molecule has 3 nitrogen and oxygen atoms in total. The van der Waals surface area contributed by atoms with Gasteiger partial charge >= 0.3 is 0 Å². The highest BCUT2D eigenvalue weighted by molar-refractivity contribution is 5.40. The van der Waals surface area contributed by atoms with Crippen LogP contribution in [-0.4, -0.2) is 10.7 Å². The van der Waals surface area contributed by atoms with Gasteiger partial charge in [0.2, 0.25) is 0 Å². The number of nitrogens with one attached hydrogen (secondary N) is 1. The maximum absolute atomic E-state index is 5.76. The number of benzene rings is 1. The number of para-hydroxylation sites is 1. The smallest absolute Gasteiger partial charge is 0.0790 e. The van der Waals surface area contributed by atoms with Gasteiger partial charge in [0.1, 0.15) is 0 Å². The zero-order chi connectivity index (χ0) is 14.7. The molecule has 0 atom stereocenters. The molecule has 1 heterocycles. The fourth-order valence-electron chi connectivity index (χ4n) is 3.23. The molecular formula is C18H24N2O. The molecule has 1 N–H and O–H groups in total. The number of aryl methyl sites for hydroxylation is 1. The quantitative estimate of drug-likeness (QED) is 0.838. The Bertz CT molecular complexity index is 583. The normalized spacial score (nSPS) is 15.7. The van der Waals surface area contributed by atoms with Crippen molar-refractivity contribution in [1.29, 1.82) is 0 Å². The van der Waals surface area contributed by atoms with Crippen molar-refractivity contribution in [3.8, 4) is 5.69 Å². The Hall–Kier alpha value is -1.58. The lowest BCUT2D eigenvalue weighted by molar-refractivity contribution is -0.0244. The highest BCUT2D eigenvalue weighted by Gasteiger charge is 2.16. The van der Waals surface area contributed by atoms with E-state index in [1.54, 1.807) is 0 Å². The van der Waals surface area contributed by atoms with Crippen LogP contribution in [0.2, 0.25) is 0 Å². The molecule has 0 unspecified atom stereocenters. The van der Waals surface area contributed by atoms with Crippen molar-refractivity contribution in [3.05, 3.63) is 53.3 Å². The third-order valence-corrected chi connectivity index (χ3v) is 4.37. The molecule has 1 aliphatic carbocycles. The Labute approximate surface area is 126 Å². The van der Waals surface area contributed by atoms with Gasteiger partial charge in [0.05, 0.1) is 6.10 Å². The molecule has 0 bridgehead atoms. The summed E-state index contributed by atoms with van der Waals surface area (Å²) >= 11 is 0. The maximum atomic E-state index is 5.76. The number of rotatable bonds is 5. The van der Waals surface area contributed by atoms with Gasteiger partial charge < -0.3 is 4.57 Å². The van der Waals surface area contributed by atoms with Crippen molar-refractivity contribution in [3.63, 3.8) is 0 Å². The molecule has 3 heteroatoms. The van der Waals surface area contributed by atoms with E-state index in [1.165, 1.54) is 48.3 Å². The van der Waals surface area contributed by atoms with Crippen molar-refractivity contribution < 1.29 is 4.84 Å². The first-order valence-electron chi connectivity index (χ1n) is 7.87. The second-order valence-electron chi connectivity index (χ2n) is 5.91. The van der Waals surface area contributed by atoms with Crippen molar-refractivity contribution in [2.45, 2.75) is 52.2 Å². The number of hydroxylamine groups is 1. The van der Waals surface area contributed by atoms with Crippen molar-refractivity contribution in [2.24, 2.45) is 0 Å². The third-order valence-electron chi connectivity index (χ3n) is 4.37. The van der Waals surface area contributed by atoms with Gasteiger partial charge in [-0.3, -0.25) is 4.84 Å². The molecule has 1 aliphatic rings. The van der Waals surface area contributed by atoms with Gasteiger partial charge in [0.25, 0.3) is 0 Å². The third kappa shape index (κ3) is 3.20. The van der Waals surface area contributed by atoms with E-state index in [0.717, 1.165) is 6.54 Å². The topological polar surface area (TPSA) is 26.2 Å². The van der Waals surface area contributed by atoms with Crippen LogP contribution in [0.4, 0.5) is 0 Å². The van der Waals surface area contributed by atoms with E-state index in [4.69, 9.17) is 4.84 Å². The molecule has 1 aromatic heterocycles. The fourth-order valence-corrected chi connectivity index (χ4v) is 3.23. The maximum Gasteiger partial charge on any atom is 0.0790 e. The molecule has 3 rings (SSSR count). The second kappa shape index (κ2) is 6.46. The Morgan fingerprint density at radius 1 is 1.14 bits per heavy atom. The molecule has 0 aliphatic heterocycles. The highest BCUT2D eigenvalue weighted by atomic mass is 16.7. The molecule has 1 fully saturated rings. The van der Waals surface area contributed by atoms with Crippen LogP contribution in [0.3, 0.4) is 0 Å². The van der Waals surface area contributed by atoms with Crippen LogP contribution in [0.1, 0.15) is 42.6 Å². The molecular weight excluding hydrogens is 260 g/mol. The minimum atomic E-state index is 0.405. The predicted octanol–water partition coefficient (Wildman–Crippen LogP) is 4.06. The predicted molar refractivity (Wildman–Crippen MR) is 85.4 cm³/mol. The first-order valence-corrected chi connectivity index (χ1v) is 7.87. The number of hydrogen-bond acceptors (Lipinski definition) is 2. The second-order valence-corrected chi connectivity index (χ2v) is 5.91.